The molecule has 1 saturated carbocycles. The summed E-state index contributed by atoms with van der Waals surface area (Å²) < 4.78 is 0. The topological polar surface area (TPSA) is 73.0 Å². The van der Waals surface area contributed by atoms with Crippen LogP contribution in [0.4, 0.5) is 17.3 Å². The van der Waals surface area contributed by atoms with Crippen molar-refractivity contribution in [2.75, 3.05) is 43.4 Å². The van der Waals surface area contributed by atoms with Gasteiger partial charge in [-0.15, -0.1) is 0 Å². The molecule has 1 saturated heterocycles. The molecular weight excluding hydrogens is 410 g/mol. The summed E-state index contributed by atoms with van der Waals surface area (Å²) in [5, 5.41) is 11.8. The molecular formula is C26H29N7. The molecule has 7 nitrogen and oxygen atoms in total. The van der Waals surface area contributed by atoms with Gasteiger partial charge in [0.1, 0.15) is 11.6 Å². The first-order valence-corrected chi connectivity index (χ1v) is 11.7. The Hall–Kier alpha value is -3.45. The first-order chi connectivity index (χ1) is 16.1. The van der Waals surface area contributed by atoms with Crippen molar-refractivity contribution in [3.05, 3.63) is 71.7 Å². The number of nitrogens with zero attached hydrogens (tertiary/aromatic N) is 5. The van der Waals surface area contributed by atoms with Crippen LogP contribution in [0.3, 0.4) is 0 Å². The largest absolute Gasteiger partial charge is 0.369 e. The number of rotatable bonds is 5. The molecule has 6 rings (SSSR count). The van der Waals surface area contributed by atoms with Gasteiger partial charge in [-0.1, -0.05) is 30.3 Å². The van der Waals surface area contributed by atoms with Crippen molar-refractivity contribution < 1.29 is 0 Å². The summed E-state index contributed by atoms with van der Waals surface area (Å²) in [5.74, 6) is 3.36. The van der Waals surface area contributed by atoms with E-state index in [9.17, 15) is 0 Å². The Balaban J connectivity index is 1.38. The molecule has 3 heterocycles. The maximum atomic E-state index is 5.07. The van der Waals surface area contributed by atoms with Crippen LogP contribution in [-0.2, 0) is 0 Å². The Kier molecular flexibility index (Phi) is 4.99. The van der Waals surface area contributed by atoms with E-state index in [0.717, 1.165) is 66.7 Å². The number of hydrogen-bond acceptors (Lipinski definition) is 6. The molecule has 0 unspecified atom stereocenters. The highest BCUT2D eigenvalue weighted by atomic mass is 15.2. The highest BCUT2D eigenvalue weighted by Crippen LogP contribution is 2.54. The predicted molar refractivity (Wildman–Crippen MR) is 132 cm³/mol. The molecule has 2 N–H and O–H groups in total. The second-order valence-electron chi connectivity index (χ2n) is 9.34. The Labute approximate surface area is 193 Å². The predicted octanol–water partition coefficient (Wildman–Crippen LogP) is 4.43. The van der Waals surface area contributed by atoms with Crippen LogP contribution in [-0.4, -0.2) is 58.3 Å². The third-order valence-electron chi connectivity index (χ3n) is 6.87. The fraction of sp³-hybridized carbons (Fsp3) is 0.346. The molecule has 4 aromatic rings. The van der Waals surface area contributed by atoms with Crippen molar-refractivity contribution in [3.8, 4) is 0 Å². The van der Waals surface area contributed by atoms with E-state index in [-0.39, 0.29) is 0 Å². The van der Waals surface area contributed by atoms with Crippen LogP contribution in [0.1, 0.15) is 35.3 Å². The molecule has 2 aliphatic rings. The van der Waals surface area contributed by atoms with Gasteiger partial charge in [0.15, 0.2) is 5.82 Å². The minimum atomic E-state index is 0.352. The lowest BCUT2D eigenvalue weighted by Gasteiger charge is -2.34. The summed E-state index contributed by atoms with van der Waals surface area (Å²) in [4.78, 5) is 14.9. The zero-order valence-corrected chi connectivity index (χ0v) is 19.1. The van der Waals surface area contributed by atoms with Gasteiger partial charge in [-0.3, -0.25) is 5.10 Å². The number of aryl methyl sites for hydroxylation is 1. The number of piperazine rings is 1. The first-order valence-electron chi connectivity index (χ1n) is 11.7. The molecule has 0 radical (unpaired) electrons. The van der Waals surface area contributed by atoms with E-state index in [1.54, 1.807) is 0 Å². The monoisotopic (exact) mass is 439 g/mol. The molecule has 2 aromatic heterocycles. The number of fused-ring (bicyclic) bond motifs is 1. The van der Waals surface area contributed by atoms with Gasteiger partial charge < -0.3 is 15.1 Å². The van der Waals surface area contributed by atoms with Gasteiger partial charge in [0.2, 0.25) is 0 Å². The molecule has 2 aromatic carbocycles. The zero-order chi connectivity index (χ0) is 22.4. The molecule has 0 amide bonds. The minimum Gasteiger partial charge on any atom is -0.369 e. The number of hydrogen-bond donors (Lipinski definition) is 2. The quantitative estimate of drug-likeness (QED) is 0.479. The third kappa shape index (κ3) is 4.04. The Bertz CT molecular complexity index is 1270. The van der Waals surface area contributed by atoms with Crippen LogP contribution in [0.2, 0.25) is 0 Å². The third-order valence-corrected chi connectivity index (χ3v) is 6.87. The summed E-state index contributed by atoms with van der Waals surface area (Å²) in [6.45, 7) is 6.24. The van der Waals surface area contributed by atoms with Crippen molar-refractivity contribution >= 4 is 28.2 Å². The van der Waals surface area contributed by atoms with Crippen molar-refractivity contribution in [1.82, 2.24) is 25.1 Å². The molecule has 2 atom stereocenters. The highest BCUT2D eigenvalue weighted by Gasteiger charge is 2.42. The van der Waals surface area contributed by atoms with Crippen LogP contribution in [0.15, 0.2) is 54.6 Å². The summed E-state index contributed by atoms with van der Waals surface area (Å²) in [7, 11) is 2.19. The average Bonchev–Trinajstić information content (AvgIpc) is 3.54. The first kappa shape index (κ1) is 20.2. The molecule has 33 heavy (non-hydrogen) atoms. The lowest BCUT2D eigenvalue weighted by molar-refractivity contribution is 0.313. The van der Waals surface area contributed by atoms with Gasteiger partial charge in [0.05, 0.1) is 5.52 Å². The lowest BCUT2D eigenvalue weighted by Crippen LogP contribution is -2.44. The van der Waals surface area contributed by atoms with E-state index in [1.165, 1.54) is 11.3 Å². The van der Waals surface area contributed by atoms with Gasteiger partial charge in [-0.25, -0.2) is 9.97 Å². The van der Waals surface area contributed by atoms with Gasteiger partial charge in [-0.05, 0) is 50.1 Å². The fourth-order valence-corrected chi connectivity index (χ4v) is 4.81. The Morgan fingerprint density at radius 2 is 1.76 bits per heavy atom. The maximum absolute atomic E-state index is 5.07. The number of nitrogens with one attached hydrogen (secondary N) is 2. The summed E-state index contributed by atoms with van der Waals surface area (Å²) in [6.07, 6.45) is 1.09. The highest BCUT2D eigenvalue weighted by molar-refractivity contribution is 5.92. The minimum absolute atomic E-state index is 0.352. The van der Waals surface area contributed by atoms with Gasteiger partial charge in [-0.2, -0.15) is 5.10 Å². The molecule has 1 aliphatic carbocycles. The summed E-state index contributed by atoms with van der Waals surface area (Å²) >= 11 is 0. The Morgan fingerprint density at radius 1 is 0.939 bits per heavy atom. The van der Waals surface area contributed by atoms with Gasteiger partial charge in [0, 0.05) is 54.9 Å². The number of benzene rings is 2. The van der Waals surface area contributed by atoms with Crippen LogP contribution >= 0.6 is 0 Å². The summed E-state index contributed by atoms with van der Waals surface area (Å²) in [5.41, 5.74) is 4.61. The number of anilines is 3. The Morgan fingerprint density at radius 3 is 2.52 bits per heavy atom. The van der Waals surface area contributed by atoms with E-state index in [1.807, 2.05) is 13.0 Å². The fourth-order valence-electron chi connectivity index (χ4n) is 4.81. The van der Waals surface area contributed by atoms with E-state index in [0.29, 0.717) is 11.8 Å². The van der Waals surface area contributed by atoms with E-state index >= 15 is 0 Å². The van der Waals surface area contributed by atoms with E-state index in [2.05, 4.69) is 80.9 Å². The molecule has 0 bridgehead atoms. The van der Waals surface area contributed by atoms with E-state index in [4.69, 9.17) is 9.97 Å². The van der Waals surface area contributed by atoms with Crippen LogP contribution in [0.25, 0.3) is 10.9 Å². The second-order valence-corrected chi connectivity index (χ2v) is 9.34. The lowest BCUT2D eigenvalue weighted by atomic mass is 10.1. The van der Waals surface area contributed by atoms with Crippen LogP contribution in [0.5, 0.6) is 0 Å². The molecule has 0 spiro atoms. The molecule has 168 valence electrons. The van der Waals surface area contributed by atoms with Crippen molar-refractivity contribution in [2.45, 2.75) is 25.2 Å². The maximum Gasteiger partial charge on any atom is 0.153 e. The van der Waals surface area contributed by atoms with Gasteiger partial charge >= 0.3 is 0 Å². The SMILES string of the molecule is Cc1cc(Nc2nc([C@@H]3C[C@H]3c3ccccc3)nc3cc(N4CCN(C)CC4)ccc23)n[nH]1. The van der Waals surface area contributed by atoms with Crippen LogP contribution < -0.4 is 10.2 Å². The smallest absolute Gasteiger partial charge is 0.153 e. The second kappa shape index (κ2) is 8.15. The molecule has 1 aliphatic heterocycles. The van der Waals surface area contributed by atoms with Crippen molar-refractivity contribution in [2.24, 2.45) is 0 Å². The zero-order valence-electron chi connectivity index (χ0n) is 19.1. The van der Waals surface area contributed by atoms with Crippen LogP contribution in [0, 0.1) is 6.92 Å². The van der Waals surface area contributed by atoms with Crippen molar-refractivity contribution in [1.29, 1.82) is 0 Å². The number of aromatic amines is 1. The van der Waals surface area contributed by atoms with E-state index < -0.39 is 0 Å². The normalized spacial score (nSPS) is 20.8. The van der Waals surface area contributed by atoms with Crippen molar-refractivity contribution in [3.63, 3.8) is 0 Å². The standard InChI is InChI=1S/C26H29N7/c1-17-14-24(31-30-17)28-25-20-9-8-19(33-12-10-32(2)11-13-33)15-23(20)27-26(29-25)22-16-21(22)18-6-4-3-5-7-18/h3-9,14-15,21-22H,10-13,16H2,1-2H3,(H2,27,28,29,30,31)/t21-,22+/m0/s1. The van der Waals surface area contributed by atoms with Gasteiger partial charge in [0.25, 0.3) is 0 Å². The average molecular weight is 440 g/mol. The molecule has 2 fully saturated rings. The number of likely N-dealkylation sites (N-methyl/N-ethyl adjacent to an activating group) is 1. The number of aromatic nitrogens is 4. The molecule has 7 heteroatoms. The number of H-pyrrole nitrogens is 1. The summed E-state index contributed by atoms with van der Waals surface area (Å²) in [6, 6.07) is 19.3.